The zero-order valence-electron chi connectivity index (χ0n) is 11.4. The Kier molecular flexibility index (Phi) is 3.76. The third kappa shape index (κ3) is 2.63. The fraction of sp³-hybridized carbons (Fsp3) is 0.286. The molecule has 0 saturated carbocycles. The molecule has 0 saturated heterocycles. The van der Waals surface area contributed by atoms with Crippen LogP contribution in [0, 0.1) is 6.92 Å². The maximum atomic E-state index is 13.1. The van der Waals surface area contributed by atoms with Crippen molar-refractivity contribution in [1.82, 2.24) is 9.78 Å². The number of alkyl halides is 3. The lowest BCUT2D eigenvalue weighted by atomic mass is 10.1. The van der Waals surface area contributed by atoms with E-state index in [-0.39, 0.29) is 22.6 Å². The molecule has 0 bridgehead atoms. The molecule has 2 aromatic rings. The minimum atomic E-state index is -4.54. The molecular formula is C14H13F3N2O2. The highest BCUT2D eigenvalue weighted by atomic mass is 19.4. The average molecular weight is 298 g/mol. The number of para-hydroxylation sites is 1. The number of carbonyl (C=O) groups is 1. The van der Waals surface area contributed by atoms with Crippen molar-refractivity contribution in [2.45, 2.75) is 26.4 Å². The molecule has 1 aromatic carbocycles. The van der Waals surface area contributed by atoms with Crippen LogP contribution in [0.15, 0.2) is 24.3 Å². The van der Waals surface area contributed by atoms with E-state index in [9.17, 15) is 23.1 Å². The minimum Gasteiger partial charge on any atom is -0.478 e. The van der Waals surface area contributed by atoms with Gasteiger partial charge in [-0.3, -0.25) is 0 Å². The second-order valence-corrected chi connectivity index (χ2v) is 4.49. The maximum absolute atomic E-state index is 13.1. The van der Waals surface area contributed by atoms with E-state index in [0.29, 0.717) is 6.42 Å². The van der Waals surface area contributed by atoms with Gasteiger partial charge in [0.1, 0.15) is 5.56 Å². The zero-order chi connectivity index (χ0) is 15.8. The van der Waals surface area contributed by atoms with Gasteiger partial charge in [-0.15, -0.1) is 0 Å². The van der Waals surface area contributed by atoms with Crippen molar-refractivity contribution in [3.05, 3.63) is 46.8 Å². The van der Waals surface area contributed by atoms with Crippen LogP contribution in [0.1, 0.15) is 34.2 Å². The van der Waals surface area contributed by atoms with Crippen LogP contribution in [0.5, 0.6) is 0 Å². The Bertz CT molecular complexity index is 690. The molecule has 1 heterocycles. The summed E-state index contributed by atoms with van der Waals surface area (Å²) in [7, 11) is 0. The Hall–Kier alpha value is -2.31. The number of hydrogen-bond acceptors (Lipinski definition) is 2. The Balaban J connectivity index is 2.72. The predicted molar refractivity (Wildman–Crippen MR) is 69.6 cm³/mol. The average Bonchev–Trinajstić information content (AvgIpc) is 2.74. The van der Waals surface area contributed by atoms with Gasteiger partial charge < -0.3 is 5.11 Å². The lowest BCUT2D eigenvalue weighted by molar-refractivity contribution is -0.137. The molecule has 0 aliphatic rings. The maximum Gasteiger partial charge on any atom is 0.418 e. The second-order valence-electron chi connectivity index (χ2n) is 4.49. The van der Waals surface area contributed by atoms with Crippen LogP contribution >= 0.6 is 0 Å². The first-order valence-corrected chi connectivity index (χ1v) is 6.25. The number of aryl methyl sites for hydroxylation is 1. The second kappa shape index (κ2) is 5.23. The molecule has 112 valence electrons. The van der Waals surface area contributed by atoms with Crippen molar-refractivity contribution in [3.8, 4) is 5.69 Å². The van der Waals surface area contributed by atoms with E-state index in [1.54, 1.807) is 6.92 Å². The summed E-state index contributed by atoms with van der Waals surface area (Å²) >= 11 is 0. The van der Waals surface area contributed by atoms with E-state index >= 15 is 0 Å². The number of carboxylic acids is 1. The molecule has 1 N–H and O–H groups in total. The SMILES string of the molecule is CCc1nn(-c2ccccc2C(F)(F)F)c(C)c1C(=O)O. The van der Waals surface area contributed by atoms with Crippen LogP contribution in [0.4, 0.5) is 13.2 Å². The van der Waals surface area contributed by atoms with E-state index in [2.05, 4.69) is 5.10 Å². The summed E-state index contributed by atoms with van der Waals surface area (Å²) in [6.07, 6.45) is -4.21. The number of nitrogens with zero attached hydrogens (tertiary/aromatic N) is 2. The van der Waals surface area contributed by atoms with Gasteiger partial charge in [0.25, 0.3) is 0 Å². The molecule has 7 heteroatoms. The number of aromatic nitrogens is 2. The van der Waals surface area contributed by atoms with Gasteiger partial charge in [-0.2, -0.15) is 18.3 Å². The van der Waals surface area contributed by atoms with E-state index < -0.39 is 17.7 Å². The van der Waals surface area contributed by atoms with E-state index in [1.165, 1.54) is 25.1 Å². The summed E-state index contributed by atoms with van der Waals surface area (Å²) < 4.78 is 40.2. The predicted octanol–water partition coefficient (Wildman–Crippen LogP) is 3.46. The molecule has 0 unspecified atom stereocenters. The van der Waals surface area contributed by atoms with Crippen LogP contribution in [-0.4, -0.2) is 20.9 Å². The molecule has 0 atom stereocenters. The quantitative estimate of drug-likeness (QED) is 0.944. The van der Waals surface area contributed by atoms with Crippen molar-refractivity contribution in [2.75, 3.05) is 0 Å². The fourth-order valence-electron chi connectivity index (χ4n) is 2.22. The Morgan fingerprint density at radius 1 is 1.33 bits per heavy atom. The summed E-state index contributed by atoms with van der Waals surface area (Å²) in [6.45, 7) is 3.15. The highest BCUT2D eigenvalue weighted by Crippen LogP contribution is 2.34. The van der Waals surface area contributed by atoms with Crippen molar-refractivity contribution in [1.29, 1.82) is 0 Å². The van der Waals surface area contributed by atoms with Crippen molar-refractivity contribution in [3.63, 3.8) is 0 Å². The van der Waals surface area contributed by atoms with Gasteiger partial charge in [0.15, 0.2) is 0 Å². The van der Waals surface area contributed by atoms with Crippen LogP contribution < -0.4 is 0 Å². The molecule has 0 aliphatic carbocycles. The minimum absolute atomic E-state index is 0.0468. The van der Waals surface area contributed by atoms with Gasteiger partial charge in [0, 0.05) is 0 Å². The van der Waals surface area contributed by atoms with Gasteiger partial charge in [-0.05, 0) is 25.5 Å². The number of rotatable bonds is 3. The molecule has 0 fully saturated rings. The topological polar surface area (TPSA) is 55.1 Å². The highest BCUT2D eigenvalue weighted by molar-refractivity contribution is 5.90. The first-order chi connectivity index (χ1) is 9.77. The first-order valence-electron chi connectivity index (χ1n) is 6.25. The summed E-state index contributed by atoms with van der Waals surface area (Å²) in [4.78, 5) is 11.3. The lowest BCUT2D eigenvalue weighted by Crippen LogP contribution is -2.12. The van der Waals surface area contributed by atoms with Crippen molar-refractivity contribution >= 4 is 5.97 Å². The van der Waals surface area contributed by atoms with E-state index in [1.807, 2.05) is 0 Å². The largest absolute Gasteiger partial charge is 0.478 e. The van der Waals surface area contributed by atoms with Crippen LogP contribution in [0.3, 0.4) is 0 Å². The number of benzene rings is 1. The van der Waals surface area contributed by atoms with Crippen LogP contribution in [0.25, 0.3) is 5.69 Å². The summed E-state index contributed by atoms with van der Waals surface area (Å²) in [6, 6.07) is 4.96. The van der Waals surface area contributed by atoms with Crippen molar-refractivity contribution < 1.29 is 23.1 Å². The number of carboxylic acid groups (broad SMARTS) is 1. The standard InChI is InChI=1S/C14H13F3N2O2/c1-3-10-12(13(20)21)8(2)19(18-10)11-7-5-4-6-9(11)14(15,16)17/h4-7H,3H2,1-2H3,(H,20,21). The molecule has 0 aliphatic heterocycles. The molecule has 21 heavy (non-hydrogen) atoms. The molecule has 1 aromatic heterocycles. The Labute approximate surface area is 118 Å². The third-order valence-corrected chi connectivity index (χ3v) is 3.18. The fourth-order valence-corrected chi connectivity index (χ4v) is 2.22. The smallest absolute Gasteiger partial charge is 0.418 e. The van der Waals surface area contributed by atoms with Gasteiger partial charge in [-0.25, -0.2) is 9.48 Å². The van der Waals surface area contributed by atoms with Gasteiger partial charge in [0.05, 0.1) is 22.6 Å². The Morgan fingerprint density at radius 2 is 1.95 bits per heavy atom. The molecule has 0 radical (unpaired) electrons. The van der Waals surface area contributed by atoms with Crippen LogP contribution in [-0.2, 0) is 12.6 Å². The van der Waals surface area contributed by atoms with E-state index in [0.717, 1.165) is 10.7 Å². The highest BCUT2D eigenvalue weighted by Gasteiger charge is 2.34. The van der Waals surface area contributed by atoms with Gasteiger partial charge in [0.2, 0.25) is 0 Å². The normalized spacial score (nSPS) is 11.7. The number of halogens is 3. The molecular weight excluding hydrogens is 285 g/mol. The van der Waals surface area contributed by atoms with E-state index in [4.69, 9.17) is 0 Å². The van der Waals surface area contributed by atoms with Crippen molar-refractivity contribution in [2.24, 2.45) is 0 Å². The molecule has 4 nitrogen and oxygen atoms in total. The molecule has 0 amide bonds. The number of aromatic carboxylic acids is 1. The Morgan fingerprint density at radius 3 is 2.43 bits per heavy atom. The lowest BCUT2D eigenvalue weighted by Gasteiger charge is -2.13. The monoisotopic (exact) mass is 298 g/mol. The first kappa shape index (κ1) is 15.1. The van der Waals surface area contributed by atoms with Gasteiger partial charge >= 0.3 is 12.1 Å². The zero-order valence-corrected chi connectivity index (χ0v) is 11.4. The number of hydrogen-bond donors (Lipinski definition) is 1. The van der Waals surface area contributed by atoms with Crippen LogP contribution in [0.2, 0.25) is 0 Å². The van der Waals surface area contributed by atoms with Gasteiger partial charge in [-0.1, -0.05) is 19.1 Å². The summed E-state index contributed by atoms with van der Waals surface area (Å²) in [5.74, 6) is -1.19. The molecule has 0 spiro atoms. The molecule has 2 rings (SSSR count). The third-order valence-electron chi connectivity index (χ3n) is 3.18. The summed E-state index contributed by atoms with van der Waals surface area (Å²) in [5.41, 5.74) is -0.637. The summed E-state index contributed by atoms with van der Waals surface area (Å²) in [5, 5.41) is 13.2.